The molecule has 0 saturated carbocycles. The summed E-state index contributed by atoms with van der Waals surface area (Å²) in [5.41, 5.74) is 2.00. The van der Waals surface area contributed by atoms with E-state index < -0.39 is 0 Å². The Kier molecular flexibility index (Phi) is 3.92. The van der Waals surface area contributed by atoms with E-state index in [1.54, 1.807) is 22.3 Å². The fraction of sp³-hybridized carbons (Fsp3) is 0.444. The fourth-order valence-electron chi connectivity index (χ4n) is 3.50. The molecule has 0 unspecified atom stereocenters. The van der Waals surface area contributed by atoms with Gasteiger partial charge >= 0.3 is 0 Å². The predicted octanol–water partition coefficient (Wildman–Crippen LogP) is 3.19. The van der Waals surface area contributed by atoms with Gasteiger partial charge in [-0.2, -0.15) is 0 Å². The maximum absolute atomic E-state index is 13.1. The first kappa shape index (κ1) is 15.4. The molecule has 24 heavy (non-hydrogen) atoms. The first-order valence-corrected chi connectivity index (χ1v) is 9.34. The molecule has 1 aliphatic heterocycles. The highest BCUT2D eigenvalue weighted by atomic mass is 32.1. The quantitative estimate of drug-likeness (QED) is 0.717. The number of nitrogens with zero attached hydrogens (tertiary/aromatic N) is 4. The summed E-state index contributed by atoms with van der Waals surface area (Å²) < 4.78 is 3.61. The van der Waals surface area contributed by atoms with Gasteiger partial charge in [-0.25, -0.2) is 9.66 Å². The molecule has 1 saturated heterocycles. The molecule has 0 radical (unpaired) electrons. The van der Waals surface area contributed by atoms with Crippen molar-refractivity contribution in [1.29, 1.82) is 0 Å². The second kappa shape index (κ2) is 6.09. The molecule has 3 heterocycles. The fourth-order valence-corrected chi connectivity index (χ4v) is 4.60. The van der Waals surface area contributed by atoms with E-state index in [9.17, 15) is 4.79 Å². The van der Waals surface area contributed by atoms with Gasteiger partial charge in [-0.15, -0.1) is 11.3 Å². The van der Waals surface area contributed by atoms with Crippen LogP contribution in [0.15, 0.2) is 29.3 Å². The molecule has 1 aliphatic rings. The van der Waals surface area contributed by atoms with Crippen LogP contribution in [0.1, 0.15) is 25.7 Å². The second-order valence-corrected chi connectivity index (χ2v) is 7.64. The molecule has 0 spiro atoms. The molecular formula is C18H22N4OS. The van der Waals surface area contributed by atoms with Gasteiger partial charge in [0, 0.05) is 43.0 Å². The maximum Gasteiger partial charge on any atom is 0.290 e. The van der Waals surface area contributed by atoms with Gasteiger partial charge in [-0.3, -0.25) is 4.79 Å². The summed E-state index contributed by atoms with van der Waals surface area (Å²) in [5.74, 6) is 0. The number of thiophene rings is 1. The highest BCUT2D eigenvalue weighted by Crippen LogP contribution is 2.36. The summed E-state index contributed by atoms with van der Waals surface area (Å²) in [4.78, 5) is 19.8. The third-order valence-corrected chi connectivity index (χ3v) is 5.87. The Labute approximate surface area is 145 Å². The smallest absolute Gasteiger partial charge is 0.290 e. The minimum atomic E-state index is 0.0628. The Balaban J connectivity index is 1.92. The average Bonchev–Trinajstić information content (AvgIpc) is 2.76. The van der Waals surface area contributed by atoms with Gasteiger partial charge < -0.3 is 9.91 Å². The zero-order valence-corrected chi connectivity index (χ0v) is 15.0. The molecule has 1 aromatic carbocycles. The van der Waals surface area contributed by atoms with Crippen LogP contribution in [0.25, 0.3) is 20.3 Å². The first-order chi connectivity index (χ1) is 11.7. The summed E-state index contributed by atoms with van der Waals surface area (Å²) in [6, 6.07) is 6.20. The van der Waals surface area contributed by atoms with Crippen molar-refractivity contribution in [3.8, 4) is 0 Å². The van der Waals surface area contributed by atoms with Crippen LogP contribution in [-0.4, -0.2) is 36.8 Å². The van der Waals surface area contributed by atoms with Crippen molar-refractivity contribution in [2.75, 3.05) is 37.1 Å². The van der Waals surface area contributed by atoms with Crippen LogP contribution >= 0.6 is 11.3 Å². The second-order valence-electron chi connectivity index (χ2n) is 6.59. The van der Waals surface area contributed by atoms with Gasteiger partial charge in [0.1, 0.15) is 11.0 Å². The minimum absolute atomic E-state index is 0.0628. The zero-order valence-electron chi connectivity index (χ0n) is 14.2. The van der Waals surface area contributed by atoms with E-state index in [-0.39, 0.29) is 5.56 Å². The van der Waals surface area contributed by atoms with E-state index in [1.807, 2.05) is 20.2 Å². The molecule has 1 fully saturated rings. The third-order valence-electron chi connectivity index (χ3n) is 4.74. The normalized spacial score (nSPS) is 15.8. The van der Waals surface area contributed by atoms with Crippen LogP contribution in [0.4, 0.5) is 5.69 Å². The van der Waals surface area contributed by atoms with Crippen molar-refractivity contribution in [3.63, 3.8) is 0 Å². The van der Waals surface area contributed by atoms with Crippen LogP contribution in [0.5, 0.6) is 0 Å². The van der Waals surface area contributed by atoms with Crippen LogP contribution in [0.3, 0.4) is 0 Å². The number of hydrogen-bond donors (Lipinski definition) is 0. The van der Waals surface area contributed by atoms with E-state index in [4.69, 9.17) is 0 Å². The molecule has 2 aromatic heterocycles. The van der Waals surface area contributed by atoms with Gasteiger partial charge in [0.05, 0.1) is 5.52 Å². The molecule has 126 valence electrons. The molecule has 5 nitrogen and oxygen atoms in total. The van der Waals surface area contributed by atoms with Crippen molar-refractivity contribution in [2.24, 2.45) is 0 Å². The Morgan fingerprint density at radius 1 is 1.12 bits per heavy atom. The number of aromatic nitrogens is 2. The molecule has 0 bridgehead atoms. The number of anilines is 1. The summed E-state index contributed by atoms with van der Waals surface area (Å²) in [7, 11) is 4.05. The standard InChI is InChI=1S/C18H22N4OS/c1-20(2)13-8-7-9-14-15(13)16-17(24-14)18(23)22(12-19-16)21-10-5-3-4-6-11-21/h7-9,12H,3-6,10-11H2,1-2H3. The lowest BCUT2D eigenvalue weighted by molar-refractivity contribution is 0.569. The Morgan fingerprint density at radius 3 is 2.58 bits per heavy atom. The number of rotatable bonds is 2. The summed E-state index contributed by atoms with van der Waals surface area (Å²) in [6.45, 7) is 1.86. The van der Waals surface area contributed by atoms with Crippen LogP contribution < -0.4 is 15.5 Å². The lowest BCUT2D eigenvalue weighted by atomic mass is 10.2. The third kappa shape index (κ3) is 2.45. The minimum Gasteiger partial charge on any atom is -0.377 e. The van der Waals surface area contributed by atoms with Crippen LogP contribution in [0.2, 0.25) is 0 Å². The highest BCUT2D eigenvalue weighted by molar-refractivity contribution is 7.25. The van der Waals surface area contributed by atoms with E-state index in [0.717, 1.165) is 51.9 Å². The summed E-state index contributed by atoms with van der Waals surface area (Å²) in [5, 5.41) is 3.24. The maximum atomic E-state index is 13.1. The zero-order chi connectivity index (χ0) is 16.7. The van der Waals surface area contributed by atoms with Gasteiger partial charge in [0.25, 0.3) is 5.56 Å². The molecule has 3 aromatic rings. The number of hydrogen-bond acceptors (Lipinski definition) is 5. The van der Waals surface area contributed by atoms with Crippen molar-refractivity contribution < 1.29 is 0 Å². The van der Waals surface area contributed by atoms with Gasteiger partial charge in [-0.1, -0.05) is 18.9 Å². The van der Waals surface area contributed by atoms with Crippen molar-refractivity contribution in [2.45, 2.75) is 25.7 Å². The highest BCUT2D eigenvalue weighted by Gasteiger charge is 2.18. The van der Waals surface area contributed by atoms with E-state index >= 15 is 0 Å². The topological polar surface area (TPSA) is 41.4 Å². The SMILES string of the molecule is CN(C)c1cccc2sc3c(=O)n(N4CCCCCC4)cnc3c12. The lowest BCUT2D eigenvalue weighted by Crippen LogP contribution is -2.42. The molecule has 0 N–H and O–H groups in total. The monoisotopic (exact) mass is 342 g/mol. The first-order valence-electron chi connectivity index (χ1n) is 8.52. The molecule has 6 heteroatoms. The summed E-state index contributed by atoms with van der Waals surface area (Å²) in [6.07, 6.45) is 6.49. The molecular weight excluding hydrogens is 320 g/mol. The molecule has 4 rings (SSSR count). The van der Waals surface area contributed by atoms with E-state index in [2.05, 4.69) is 27.0 Å². The van der Waals surface area contributed by atoms with Gasteiger partial charge in [-0.05, 0) is 25.0 Å². The molecule has 0 amide bonds. The van der Waals surface area contributed by atoms with Crippen molar-refractivity contribution >= 4 is 37.3 Å². The van der Waals surface area contributed by atoms with Gasteiger partial charge in [0.2, 0.25) is 0 Å². The summed E-state index contributed by atoms with van der Waals surface area (Å²) >= 11 is 1.55. The molecule has 0 atom stereocenters. The van der Waals surface area contributed by atoms with Gasteiger partial charge in [0.15, 0.2) is 0 Å². The average molecular weight is 342 g/mol. The Hall–Kier alpha value is -2.08. The van der Waals surface area contributed by atoms with Crippen LogP contribution in [-0.2, 0) is 0 Å². The van der Waals surface area contributed by atoms with Crippen molar-refractivity contribution in [1.82, 2.24) is 9.66 Å². The number of benzene rings is 1. The Morgan fingerprint density at radius 2 is 1.88 bits per heavy atom. The lowest BCUT2D eigenvalue weighted by Gasteiger charge is -2.23. The van der Waals surface area contributed by atoms with E-state index in [0.29, 0.717) is 0 Å². The van der Waals surface area contributed by atoms with E-state index in [1.165, 1.54) is 12.8 Å². The predicted molar refractivity (Wildman–Crippen MR) is 102 cm³/mol. The molecule has 0 aliphatic carbocycles. The number of fused-ring (bicyclic) bond motifs is 3. The van der Waals surface area contributed by atoms with Crippen molar-refractivity contribution in [3.05, 3.63) is 34.9 Å². The largest absolute Gasteiger partial charge is 0.377 e. The van der Waals surface area contributed by atoms with Crippen LogP contribution in [0, 0.1) is 0 Å². The Bertz CT molecular complexity index is 935.